The van der Waals surface area contributed by atoms with E-state index in [2.05, 4.69) is 5.32 Å². The zero-order valence-electron chi connectivity index (χ0n) is 14.8. The lowest BCUT2D eigenvalue weighted by atomic mass is 10.1. The highest BCUT2D eigenvalue weighted by atomic mass is 32.2. The van der Waals surface area contributed by atoms with E-state index >= 15 is 0 Å². The second-order valence-corrected chi connectivity index (χ2v) is 8.09. The highest BCUT2D eigenvalue weighted by Crippen LogP contribution is 2.24. The van der Waals surface area contributed by atoms with Crippen molar-refractivity contribution < 1.29 is 18.1 Å². The molecule has 1 amide bonds. The normalized spacial score (nSPS) is 11.4. The fourth-order valence-corrected chi connectivity index (χ4v) is 3.54. The van der Waals surface area contributed by atoms with Gasteiger partial charge in [-0.15, -0.1) is 0 Å². The number of anilines is 1. The molecule has 2 rings (SSSR count). The van der Waals surface area contributed by atoms with E-state index in [1.807, 2.05) is 0 Å². The second-order valence-electron chi connectivity index (χ2n) is 5.97. The molecule has 0 saturated carbocycles. The van der Waals surface area contributed by atoms with Gasteiger partial charge in [0.2, 0.25) is 10.0 Å². The number of carbonyl (C=O) groups excluding carboxylic acids is 1. The third-order valence-electron chi connectivity index (χ3n) is 3.96. The molecule has 0 radical (unpaired) electrons. The lowest BCUT2D eigenvalue weighted by Gasteiger charge is -2.16. The number of amides is 1. The molecular weight excluding hydrogens is 358 g/mol. The minimum Gasteiger partial charge on any atom is -0.322 e. The lowest BCUT2D eigenvalue weighted by Crippen LogP contribution is -2.24. The number of aryl methyl sites for hydroxylation is 1. The maximum absolute atomic E-state index is 12.5. The van der Waals surface area contributed by atoms with Crippen molar-refractivity contribution in [1.82, 2.24) is 4.31 Å². The summed E-state index contributed by atoms with van der Waals surface area (Å²) < 4.78 is 26.0. The number of nitro benzene ring substituents is 1. The third-order valence-corrected chi connectivity index (χ3v) is 5.90. The maximum Gasteiger partial charge on any atom is 0.271 e. The van der Waals surface area contributed by atoms with Crippen molar-refractivity contribution >= 4 is 27.3 Å². The number of rotatable bonds is 5. The molecule has 0 bridgehead atoms. The summed E-state index contributed by atoms with van der Waals surface area (Å²) in [6.45, 7) is 3.39. The standard InChI is InChI=1S/C17H19N3O5S/c1-11-8-13(9-16(12(11)2)26(24,25)19(3)4)17(21)18-14-6-5-7-15(10-14)20(22)23/h5-10H,1-4H3,(H,18,21). The Balaban J connectivity index is 2.43. The molecule has 0 aliphatic rings. The molecule has 26 heavy (non-hydrogen) atoms. The Hall–Kier alpha value is -2.78. The van der Waals surface area contributed by atoms with E-state index in [9.17, 15) is 23.3 Å². The van der Waals surface area contributed by atoms with Crippen LogP contribution in [0.3, 0.4) is 0 Å². The number of nitrogens with one attached hydrogen (secondary N) is 1. The molecule has 9 heteroatoms. The monoisotopic (exact) mass is 377 g/mol. The number of sulfonamides is 1. The first-order chi connectivity index (χ1) is 12.0. The molecule has 138 valence electrons. The zero-order chi connectivity index (χ0) is 19.6. The number of hydrogen-bond donors (Lipinski definition) is 1. The highest BCUT2D eigenvalue weighted by Gasteiger charge is 2.23. The van der Waals surface area contributed by atoms with Gasteiger partial charge in [0.05, 0.1) is 9.82 Å². The summed E-state index contributed by atoms with van der Waals surface area (Å²) in [5, 5.41) is 13.4. The van der Waals surface area contributed by atoms with E-state index in [0.29, 0.717) is 11.1 Å². The quantitative estimate of drug-likeness (QED) is 0.636. The molecule has 0 aliphatic heterocycles. The summed E-state index contributed by atoms with van der Waals surface area (Å²) in [6.07, 6.45) is 0. The van der Waals surface area contributed by atoms with Crippen LogP contribution in [0, 0.1) is 24.0 Å². The molecule has 0 aliphatic carbocycles. The van der Waals surface area contributed by atoms with Crippen LogP contribution in [0.15, 0.2) is 41.3 Å². The van der Waals surface area contributed by atoms with Crippen molar-refractivity contribution in [3.8, 4) is 0 Å². The fraction of sp³-hybridized carbons (Fsp3) is 0.235. The van der Waals surface area contributed by atoms with Gasteiger partial charge in [-0.3, -0.25) is 14.9 Å². The van der Waals surface area contributed by atoms with Gasteiger partial charge in [-0.25, -0.2) is 12.7 Å². The van der Waals surface area contributed by atoms with Gasteiger partial charge < -0.3 is 5.32 Å². The first-order valence-corrected chi connectivity index (χ1v) is 9.07. The van der Waals surface area contributed by atoms with Crippen LogP contribution < -0.4 is 5.32 Å². The molecule has 0 atom stereocenters. The minimum atomic E-state index is -3.71. The number of carbonyl (C=O) groups is 1. The molecule has 0 saturated heterocycles. The van der Waals surface area contributed by atoms with Crippen molar-refractivity contribution in [3.63, 3.8) is 0 Å². The predicted molar refractivity (Wildman–Crippen MR) is 97.8 cm³/mol. The minimum absolute atomic E-state index is 0.0479. The molecule has 2 aromatic rings. The van der Waals surface area contributed by atoms with Gasteiger partial charge >= 0.3 is 0 Å². The van der Waals surface area contributed by atoms with Gasteiger partial charge in [-0.05, 0) is 43.2 Å². The average molecular weight is 377 g/mol. The Kier molecular flexibility index (Phi) is 5.43. The molecular formula is C17H19N3O5S. The van der Waals surface area contributed by atoms with Crippen LogP contribution in [-0.4, -0.2) is 37.6 Å². The van der Waals surface area contributed by atoms with Gasteiger partial charge in [-0.1, -0.05) is 6.07 Å². The lowest BCUT2D eigenvalue weighted by molar-refractivity contribution is -0.384. The smallest absolute Gasteiger partial charge is 0.271 e. The van der Waals surface area contributed by atoms with E-state index in [4.69, 9.17) is 0 Å². The topological polar surface area (TPSA) is 110 Å². The molecule has 0 fully saturated rings. The number of hydrogen-bond acceptors (Lipinski definition) is 5. The summed E-state index contributed by atoms with van der Waals surface area (Å²) in [6, 6.07) is 8.41. The van der Waals surface area contributed by atoms with Crippen molar-refractivity contribution in [2.75, 3.05) is 19.4 Å². The molecule has 8 nitrogen and oxygen atoms in total. The van der Waals surface area contributed by atoms with Crippen LogP contribution in [0.1, 0.15) is 21.5 Å². The highest BCUT2D eigenvalue weighted by molar-refractivity contribution is 7.89. The fourth-order valence-electron chi connectivity index (χ4n) is 2.32. The Morgan fingerprint density at radius 1 is 1.15 bits per heavy atom. The number of non-ortho nitro benzene ring substituents is 1. The van der Waals surface area contributed by atoms with Crippen LogP contribution in [0.4, 0.5) is 11.4 Å². The van der Waals surface area contributed by atoms with E-state index in [1.54, 1.807) is 19.9 Å². The first kappa shape index (κ1) is 19.5. The van der Waals surface area contributed by atoms with Gasteiger partial charge in [-0.2, -0.15) is 0 Å². The van der Waals surface area contributed by atoms with Crippen molar-refractivity contribution in [2.45, 2.75) is 18.7 Å². The Labute approximate surface area is 151 Å². The summed E-state index contributed by atoms with van der Waals surface area (Å²) in [5.74, 6) is -0.552. The number of benzene rings is 2. The summed E-state index contributed by atoms with van der Waals surface area (Å²) in [7, 11) is -0.880. The number of nitrogens with zero attached hydrogens (tertiary/aromatic N) is 2. The maximum atomic E-state index is 12.5. The van der Waals surface area contributed by atoms with Crippen molar-refractivity contribution in [2.24, 2.45) is 0 Å². The Morgan fingerprint density at radius 2 is 1.81 bits per heavy atom. The predicted octanol–water partition coefficient (Wildman–Crippen LogP) is 2.71. The summed E-state index contributed by atoms with van der Waals surface area (Å²) in [4.78, 5) is 22.8. The Bertz CT molecular complexity index is 984. The van der Waals surface area contributed by atoms with Crippen molar-refractivity contribution in [1.29, 1.82) is 0 Å². The molecule has 2 aromatic carbocycles. The van der Waals surface area contributed by atoms with Crippen LogP contribution in [0.5, 0.6) is 0 Å². The molecule has 0 heterocycles. The van der Waals surface area contributed by atoms with E-state index in [-0.39, 0.29) is 21.8 Å². The zero-order valence-corrected chi connectivity index (χ0v) is 15.6. The van der Waals surface area contributed by atoms with Gasteiger partial charge in [0, 0.05) is 37.5 Å². The van der Waals surface area contributed by atoms with Crippen LogP contribution in [-0.2, 0) is 10.0 Å². The SMILES string of the molecule is Cc1cc(C(=O)Nc2cccc([N+](=O)[O-])c2)cc(S(=O)(=O)N(C)C)c1C. The largest absolute Gasteiger partial charge is 0.322 e. The second kappa shape index (κ2) is 7.22. The first-order valence-electron chi connectivity index (χ1n) is 7.63. The summed E-state index contributed by atoms with van der Waals surface area (Å²) in [5.41, 5.74) is 1.46. The van der Waals surface area contributed by atoms with Gasteiger partial charge in [0.25, 0.3) is 11.6 Å². The van der Waals surface area contributed by atoms with E-state index < -0.39 is 20.9 Å². The van der Waals surface area contributed by atoms with Crippen LogP contribution in [0.2, 0.25) is 0 Å². The van der Waals surface area contributed by atoms with Gasteiger partial charge in [0.1, 0.15) is 0 Å². The molecule has 1 N–H and O–H groups in total. The van der Waals surface area contributed by atoms with Crippen molar-refractivity contribution in [3.05, 3.63) is 63.2 Å². The summed E-state index contributed by atoms with van der Waals surface area (Å²) >= 11 is 0. The molecule has 0 aromatic heterocycles. The van der Waals surface area contributed by atoms with Crippen LogP contribution in [0.25, 0.3) is 0 Å². The average Bonchev–Trinajstić information content (AvgIpc) is 2.56. The van der Waals surface area contributed by atoms with Gasteiger partial charge in [0.15, 0.2) is 0 Å². The van der Waals surface area contributed by atoms with E-state index in [0.717, 1.165) is 4.31 Å². The van der Waals surface area contributed by atoms with E-state index in [1.165, 1.54) is 44.4 Å². The Morgan fingerprint density at radius 3 is 2.38 bits per heavy atom. The van der Waals surface area contributed by atoms with Crippen LogP contribution >= 0.6 is 0 Å². The number of nitro groups is 1. The third kappa shape index (κ3) is 3.89. The molecule has 0 unspecified atom stereocenters. The molecule has 0 spiro atoms.